The number of rotatable bonds is 6. The highest BCUT2D eigenvalue weighted by Gasteiger charge is 2.18. The van der Waals surface area contributed by atoms with E-state index in [0.29, 0.717) is 6.54 Å². The van der Waals surface area contributed by atoms with Crippen LogP contribution in [-0.4, -0.2) is 61.0 Å². The molecule has 1 aromatic carbocycles. The molecule has 0 atom stereocenters. The van der Waals surface area contributed by atoms with Crippen molar-refractivity contribution in [3.05, 3.63) is 48.3 Å². The Morgan fingerprint density at radius 1 is 1.12 bits per heavy atom. The Kier molecular flexibility index (Phi) is 7.56. The second-order valence-corrected chi connectivity index (χ2v) is 6.08. The molecule has 1 fully saturated rings. The fourth-order valence-electron chi connectivity index (χ4n) is 2.77. The molecule has 1 saturated heterocycles. The molecule has 2 rings (SSSR count). The number of hydrogen-bond acceptors (Lipinski definition) is 4. The van der Waals surface area contributed by atoms with Crippen LogP contribution in [-0.2, 0) is 11.3 Å². The minimum atomic E-state index is -0.502. The molecular weight excluding hydrogens is 323 g/mol. The van der Waals surface area contributed by atoms with Gasteiger partial charge in [-0.25, -0.2) is 9.18 Å². The standard InChI is InChI=1S/C18H25FN4O2/c1-2-8-20-18(25)21-17(24)14-23-10-3-9-22(11-12-23)13-15-4-6-16(19)7-5-15/h2,4-7H,1,3,8-14H2,(H2,20,21,24,25). The molecule has 0 bridgehead atoms. The van der Waals surface area contributed by atoms with Crippen molar-refractivity contribution in [2.75, 3.05) is 39.3 Å². The zero-order chi connectivity index (χ0) is 18.1. The average molecular weight is 348 g/mol. The summed E-state index contributed by atoms with van der Waals surface area (Å²) in [5.41, 5.74) is 1.08. The normalized spacial score (nSPS) is 16.0. The molecule has 3 amide bonds. The highest BCUT2D eigenvalue weighted by Crippen LogP contribution is 2.10. The number of nitrogens with one attached hydrogen (secondary N) is 2. The first-order valence-corrected chi connectivity index (χ1v) is 8.44. The molecular formula is C18H25FN4O2. The van der Waals surface area contributed by atoms with Crippen LogP contribution >= 0.6 is 0 Å². The molecule has 7 heteroatoms. The number of halogens is 1. The monoisotopic (exact) mass is 348 g/mol. The number of hydrogen-bond donors (Lipinski definition) is 2. The molecule has 0 radical (unpaired) electrons. The van der Waals surface area contributed by atoms with Crippen molar-refractivity contribution < 1.29 is 14.0 Å². The molecule has 6 nitrogen and oxygen atoms in total. The van der Waals surface area contributed by atoms with E-state index in [-0.39, 0.29) is 18.3 Å². The van der Waals surface area contributed by atoms with Crippen LogP contribution in [0.4, 0.5) is 9.18 Å². The van der Waals surface area contributed by atoms with Crippen LogP contribution < -0.4 is 10.6 Å². The first-order chi connectivity index (χ1) is 12.1. The van der Waals surface area contributed by atoms with Crippen molar-refractivity contribution in [3.8, 4) is 0 Å². The zero-order valence-corrected chi connectivity index (χ0v) is 14.3. The quantitative estimate of drug-likeness (QED) is 0.762. The lowest BCUT2D eigenvalue weighted by molar-refractivity contribution is -0.121. The average Bonchev–Trinajstić information content (AvgIpc) is 2.80. The number of amides is 3. The highest BCUT2D eigenvalue weighted by molar-refractivity contribution is 5.95. The van der Waals surface area contributed by atoms with Crippen molar-refractivity contribution in [1.82, 2.24) is 20.4 Å². The fraction of sp³-hybridized carbons (Fsp3) is 0.444. The molecule has 0 aliphatic carbocycles. The number of nitrogens with zero attached hydrogens (tertiary/aromatic N) is 2. The third kappa shape index (κ3) is 7.03. The second-order valence-electron chi connectivity index (χ2n) is 6.08. The van der Waals surface area contributed by atoms with E-state index in [1.807, 2.05) is 4.90 Å². The van der Waals surface area contributed by atoms with Crippen LogP contribution in [0.3, 0.4) is 0 Å². The minimum absolute atomic E-state index is 0.200. The van der Waals surface area contributed by atoms with Gasteiger partial charge < -0.3 is 5.32 Å². The molecule has 2 N–H and O–H groups in total. The lowest BCUT2D eigenvalue weighted by Gasteiger charge is -2.21. The third-order valence-electron chi connectivity index (χ3n) is 4.03. The Hall–Kier alpha value is -2.25. The maximum atomic E-state index is 13.0. The van der Waals surface area contributed by atoms with Gasteiger partial charge in [-0.05, 0) is 37.2 Å². The van der Waals surface area contributed by atoms with Crippen LogP contribution in [0.5, 0.6) is 0 Å². The molecule has 0 unspecified atom stereocenters. The first-order valence-electron chi connectivity index (χ1n) is 8.44. The van der Waals surface area contributed by atoms with Gasteiger partial charge in [-0.2, -0.15) is 0 Å². The summed E-state index contributed by atoms with van der Waals surface area (Å²) in [6.45, 7) is 8.10. The van der Waals surface area contributed by atoms with Crippen LogP contribution in [0, 0.1) is 5.82 Å². The van der Waals surface area contributed by atoms with E-state index in [0.717, 1.165) is 44.7 Å². The molecule has 1 aliphatic heterocycles. The molecule has 0 spiro atoms. The number of benzene rings is 1. The Labute approximate surface area is 147 Å². The topological polar surface area (TPSA) is 64.7 Å². The summed E-state index contributed by atoms with van der Waals surface area (Å²) in [5, 5.41) is 4.82. The van der Waals surface area contributed by atoms with E-state index in [1.165, 1.54) is 12.1 Å². The van der Waals surface area contributed by atoms with Crippen molar-refractivity contribution >= 4 is 11.9 Å². The van der Waals surface area contributed by atoms with Gasteiger partial charge >= 0.3 is 6.03 Å². The van der Waals surface area contributed by atoms with Gasteiger partial charge in [0.2, 0.25) is 5.91 Å². The maximum absolute atomic E-state index is 13.0. The summed E-state index contributed by atoms with van der Waals surface area (Å²) in [4.78, 5) is 27.7. The number of imide groups is 1. The molecule has 1 aromatic rings. The Morgan fingerprint density at radius 3 is 2.52 bits per heavy atom. The van der Waals surface area contributed by atoms with E-state index < -0.39 is 6.03 Å². The summed E-state index contributed by atoms with van der Waals surface area (Å²) < 4.78 is 13.0. The smallest absolute Gasteiger partial charge is 0.321 e. The zero-order valence-electron chi connectivity index (χ0n) is 14.3. The van der Waals surface area contributed by atoms with Crippen molar-refractivity contribution in [1.29, 1.82) is 0 Å². The van der Waals surface area contributed by atoms with Gasteiger partial charge in [-0.15, -0.1) is 6.58 Å². The van der Waals surface area contributed by atoms with Gasteiger partial charge in [-0.3, -0.25) is 19.9 Å². The SMILES string of the molecule is C=CCNC(=O)NC(=O)CN1CCCN(Cc2ccc(F)cc2)CC1. The summed E-state index contributed by atoms with van der Waals surface area (Å²) >= 11 is 0. The Balaban J connectivity index is 1.74. The van der Waals surface area contributed by atoms with Crippen molar-refractivity contribution in [3.63, 3.8) is 0 Å². The molecule has 0 saturated carbocycles. The fourth-order valence-corrected chi connectivity index (χ4v) is 2.77. The maximum Gasteiger partial charge on any atom is 0.321 e. The minimum Gasteiger partial charge on any atom is -0.334 e. The number of carbonyl (C=O) groups excluding carboxylic acids is 2. The predicted octanol–water partition coefficient (Wildman–Crippen LogP) is 1.35. The summed E-state index contributed by atoms with van der Waals surface area (Å²) in [5.74, 6) is -0.539. The Bertz CT molecular complexity index is 591. The number of carbonyl (C=O) groups is 2. The molecule has 1 heterocycles. The second kappa shape index (κ2) is 9.90. The largest absolute Gasteiger partial charge is 0.334 e. The molecule has 0 aromatic heterocycles. The van der Waals surface area contributed by atoms with E-state index in [9.17, 15) is 14.0 Å². The van der Waals surface area contributed by atoms with Crippen LogP contribution in [0.1, 0.15) is 12.0 Å². The van der Waals surface area contributed by atoms with Crippen LogP contribution in [0.2, 0.25) is 0 Å². The predicted molar refractivity (Wildman–Crippen MR) is 94.5 cm³/mol. The first kappa shape index (κ1) is 19.1. The lowest BCUT2D eigenvalue weighted by Crippen LogP contribution is -2.45. The molecule has 136 valence electrons. The van der Waals surface area contributed by atoms with Gasteiger partial charge in [0, 0.05) is 26.2 Å². The van der Waals surface area contributed by atoms with E-state index in [4.69, 9.17) is 0 Å². The van der Waals surface area contributed by atoms with Gasteiger partial charge in [-0.1, -0.05) is 18.2 Å². The molecule has 1 aliphatic rings. The summed E-state index contributed by atoms with van der Waals surface area (Å²) in [6, 6.07) is 6.04. The third-order valence-corrected chi connectivity index (χ3v) is 4.03. The van der Waals surface area contributed by atoms with Crippen LogP contribution in [0.25, 0.3) is 0 Å². The van der Waals surface area contributed by atoms with Crippen LogP contribution in [0.15, 0.2) is 36.9 Å². The van der Waals surface area contributed by atoms with Gasteiger partial charge in [0.15, 0.2) is 0 Å². The van der Waals surface area contributed by atoms with Crippen molar-refractivity contribution in [2.45, 2.75) is 13.0 Å². The van der Waals surface area contributed by atoms with E-state index >= 15 is 0 Å². The van der Waals surface area contributed by atoms with Crippen molar-refractivity contribution in [2.24, 2.45) is 0 Å². The van der Waals surface area contributed by atoms with Gasteiger partial charge in [0.25, 0.3) is 0 Å². The summed E-state index contributed by atoms with van der Waals surface area (Å²) in [6.07, 6.45) is 2.49. The number of urea groups is 1. The summed E-state index contributed by atoms with van der Waals surface area (Å²) in [7, 11) is 0. The van der Waals surface area contributed by atoms with E-state index in [1.54, 1.807) is 18.2 Å². The lowest BCUT2D eigenvalue weighted by atomic mass is 10.2. The Morgan fingerprint density at radius 2 is 1.80 bits per heavy atom. The van der Waals surface area contributed by atoms with Gasteiger partial charge in [0.1, 0.15) is 5.82 Å². The van der Waals surface area contributed by atoms with E-state index in [2.05, 4.69) is 22.1 Å². The molecule has 25 heavy (non-hydrogen) atoms. The highest BCUT2D eigenvalue weighted by atomic mass is 19.1. The van der Waals surface area contributed by atoms with Gasteiger partial charge in [0.05, 0.1) is 6.54 Å².